The largest absolute Gasteiger partial charge is 0.326 e. The van der Waals surface area contributed by atoms with E-state index in [1.165, 1.54) is 19.3 Å². The van der Waals surface area contributed by atoms with Gasteiger partial charge >= 0.3 is 0 Å². The Morgan fingerprint density at radius 3 is 2.38 bits per heavy atom. The molecule has 1 saturated heterocycles. The zero-order chi connectivity index (χ0) is 15.3. The van der Waals surface area contributed by atoms with Crippen LogP contribution in [0.15, 0.2) is 29.2 Å². The normalized spacial score (nSPS) is 18.6. The first-order valence-corrected chi connectivity index (χ1v) is 9.04. The molecule has 1 aliphatic heterocycles. The van der Waals surface area contributed by atoms with Crippen LogP contribution in [-0.2, 0) is 16.6 Å². The molecule has 21 heavy (non-hydrogen) atoms. The number of sulfonamides is 1. The first kappa shape index (κ1) is 16.4. The van der Waals surface area contributed by atoms with E-state index in [4.69, 9.17) is 5.73 Å². The summed E-state index contributed by atoms with van der Waals surface area (Å²) < 4.78 is 27.2. The van der Waals surface area contributed by atoms with Gasteiger partial charge in [-0.05, 0) is 50.6 Å². The zero-order valence-electron chi connectivity index (χ0n) is 12.6. The van der Waals surface area contributed by atoms with Gasteiger partial charge in [0.2, 0.25) is 10.0 Å². The second-order valence-corrected chi connectivity index (χ2v) is 7.41. The third kappa shape index (κ3) is 4.51. The molecule has 5 nitrogen and oxygen atoms in total. The van der Waals surface area contributed by atoms with Crippen molar-refractivity contribution in [3.05, 3.63) is 29.8 Å². The molecule has 0 spiro atoms. The van der Waals surface area contributed by atoms with E-state index in [0.717, 1.165) is 18.7 Å². The Balaban J connectivity index is 1.93. The van der Waals surface area contributed by atoms with Gasteiger partial charge in [0, 0.05) is 19.1 Å². The third-order valence-electron chi connectivity index (χ3n) is 4.05. The summed E-state index contributed by atoms with van der Waals surface area (Å²) in [6.07, 6.45) is 3.69. The molecule has 0 radical (unpaired) electrons. The van der Waals surface area contributed by atoms with Crippen molar-refractivity contribution in [1.29, 1.82) is 0 Å². The molecule has 0 aliphatic carbocycles. The van der Waals surface area contributed by atoms with Crippen LogP contribution in [0.5, 0.6) is 0 Å². The molecule has 1 aromatic carbocycles. The smallest absolute Gasteiger partial charge is 0.240 e. The van der Waals surface area contributed by atoms with Gasteiger partial charge in [0.25, 0.3) is 0 Å². The Labute approximate surface area is 127 Å². The van der Waals surface area contributed by atoms with Crippen molar-refractivity contribution in [3.63, 3.8) is 0 Å². The summed E-state index contributed by atoms with van der Waals surface area (Å²) in [7, 11) is -3.44. The van der Waals surface area contributed by atoms with E-state index in [1.54, 1.807) is 24.3 Å². The van der Waals surface area contributed by atoms with E-state index >= 15 is 0 Å². The summed E-state index contributed by atoms with van der Waals surface area (Å²) >= 11 is 0. The maximum absolute atomic E-state index is 12.3. The predicted molar refractivity (Wildman–Crippen MR) is 84.4 cm³/mol. The molecule has 1 atom stereocenters. The molecule has 1 heterocycles. The molecule has 118 valence electrons. The fourth-order valence-electron chi connectivity index (χ4n) is 2.61. The number of hydrogen-bond acceptors (Lipinski definition) is 4. The van der Waals surface area contributed by atoms with Gasteiger partial charge in [-0.25, -0.2) is 13.1 Å². The summed E-state index contributed by atoms with van der Waals surface area (Å²) in [6.45, 7) is 5.06. The van der Waals surface area contributed by atoms with Gasteiger partial charge in [0.1, 0.15) is 0 Å². The average molecular weight is 311 g/mol. The highest BCUT2D eigenvalue weighted by molar-refractivity contribution is 7.89. The zero-order valence-corrected chi connectivity index (χ0v) is 13.4. The molecule has 1 fully saturated rings. The van der Waals surface area contributed by atoms with Gasteiger partial charge < -0.3 is 5.73 Å². The molecule has 3 N–H and O–H groups in total. The fourth-order valence-corrected chi connectivity index (χ4v) is 3.73. The Morgan fingerprint density at radius 1 is 1.19 bits per heavy atom. The Hall–Kier alpha value is -0.950. The number of nitrogens with two attached hydrogens (primary N) is 1. The van der Waals surface area contributed by atoms with E-state index in [-0.39, 0.29) is 6.04 Å². The van der Waals surface area contributed by atoms with Crippen LogP contribution in [0, 0.1) is 0 Å². The van der Waals surface area contributed by atoms with E-state index in [0.29, 0.717) is 18.0 Å². The van der Waals surface area contributed by atoms with Gasteiger partial charge in [0.15, 0.2) is 0 Å². The van der Waals surface area contributed by atoms with Crippen LogP contribution in [0.25, 0.3) is 0 Å². The van der Waals surface area contributed by atoms with Crippen molar-refractivity contribution >= 4 is 10.0 Å². The molecule has 0 bridgehead atoms. The van der Waals surface area contributed by atoms with Crippen LogP contribution in [0.2, 0.25) is 0 Å². The van der Waals surface area contributed by atoms with Gasteiger partial charge in [-0.1, -0.05) is 18.6 Å². The monoisotopic (exact) mass is 311 g/mol. The second-order valence-electron chi connectivity index (χ2n) is 5.65. The molecule has 1 unspecified atom stereocenters. The van der Waals surface area contributed by atoms with Gasteiger partial charge in [-0.2, -0.15) is 0 Å². The molecule has 2 rings (SSSR count). The highest BCUT2D eigenvalue weighted by Gasteiger charge is 2.20. The van der Waals surface area contributed by atoms with Crippen molar-refractivity contribution in [3.8, 4) is 0 Å². The topological polar surface area (TPSA) is 75.4 Å². The number of nitrogens with one attached hydrogen (secondary N) is 1. The number of hydrogen-bond donors (Lipinski definition) is 2. The second kappa shape index (κ2) is 7.35. The van der Waals surface area contributed by atoms with Crippen molar-refractivity contribution in [2.24, 2.45) is 5.73 Å². The molecule has 0 aromatic heterocycles. The summed E-state index contributed by atoms with van der Waals surface area (Å²) in [5.41, 5.74) is 6.45. The third-order valence-corrected chi connectivity index (χ3v) is 5.49. The van der Waals surface area contributed by atoms with E-state index in [1.807, 2.05) is 0 Å². The lowest BCUT2D eigenvalue weighted by Crippen LogP contribution is -2.44. The number of nitrogens with zero attached hydrogens (tertiary/aromatic N) is 1. The Morgan fingerprint density at radius 2 is 1.81 bits per heavy atom. The van der Waals surface area contributed by atoms with Crippen molar-refractivity contribution in [2.75, 3.05) is 19.6 Å². The predicted octanol–water partition coefficient (Wildman–Crippen LogP) is 1.30. The molecule has 1 aliphatic rings. The van der Waals surface area contributed by atoms with Crippen LogP contribution in [0.4, 0.5) is 0 Å². The number of rotatable bonds is 6. The van der Waals surface area contributed by atoms with Crippen molar-refractivity contribution in [2.45, 2.75) is 43.7 Å². The standard InChI is InChI=1S/C15H25N3O2S/c1-13(18-9-3-2-4-10-18)12-17-21(19,20)15-7-5-14(11-16)6-8-15/h5-8,13,17H,2-4,9-12,16H2,1H3. The summed E-state index contributed by atoms with van der Waals surface area (Å²) in [6, 6.07) is 6.95. The summed E-state index contributed by atoms with van der Waals surface area (Å²) in [4.78, 5) is 2.65. The van der Waals surface area contributed by atoms with E-state index in [2.05, 4.69) is 16.5 Å². The molecular formula is C15H25N3O2S. The Kier molecular flexibility index (Phi) is 5.75. The van der Waals surface area contributed by atoms with E-state index in [9.17, 15) is 8.42 Å². The van der Waals surface area contributed by atoms with Crippen LogP contribution < -0.4 is 10.5 Å². The van der Waals surface area contributed by atoms with Crippen LogP contribution >= 0.6 is 0 Å². The van der Waals surface area contributed by atoms with Crippen molar-refractivity contribution < 1.29 is 8.42 Å². The minimum absolute atomic E-state index is 0.225. The Bertz CT molecular complexity index is 537. The highest BCUT2D eigenvalue weighted by atomic mass is 32.2. The quantitative estimate of drug-likeness (QED) is 0.830. The summed E-state index contributed by atoms with van der Waals surface area (Å²) in [5, 5.41) is 0. The van der Waals surface area contributed by atoms with Gasteiger partial charge in [0.05, 0.1) is 4.90 Å². The molecule has 0 saturated carbocycles. The summed E-state index contributed by atoms with van der Waals surface area (Å²) in [5.74, 6) is 0. The molecule has 0 amide bonds. The van der Waals surface area contributed by atoms with Gasteiger partial charge in [-0.15, -0.1) is 0 Å². The first-order valence-electron chi connectivity index (χ1n) is 7.55. The highest BCUT2D eigenvalue weighted by Crippen LogP contribution is 2.13. The lowest BCUT2D eigenvalue weighted by molar-refractivity contribution is 0.175. The molecule has 6 heteroatoms. The molecule has 1 aromatic rings. The van der Waals surface area contributed by atoms with Gasteiger partial charge in [-0.3, -0.25) is 4.90 Å². The first-order chi connectivity index (χ1) is 10.0. The average Bonchev–Trinajstić information content (AvgIpc) is 2.53. The minimum Gasteiger partial charge on any atom is -0.326 e. The molecular weight excluding hydrogens is 286 g/mol. The van der Waals surface area contributed by atoms with Crippen LogP contribution in [-0.4, -0.2) is 39.0 Å². The van der Waals surface area contributed by atoms with Crippen LogP contribution in [0.3, 0.4) is 0 Å². The SMILES string of the molecule is CC(CNS(=O)(=O)c1ccc(CN)cc1)N1CCCCC1. The number of piperidine rings is 1. The van der Waals surface area contributed by atoms with E-state index < -0.39 is 10.0 Å². The van der Waals surface area contributed by atoms with Crippen LogP contribution in [0.1, 0.15) is 31.7 Å². The fraction of sp³-hybridized carbons (Fsp3) is 0.600. The van der Waals surface area contributed by atoms with Crippen molar-refractivity contribution in [1.82, 2.24) is 9.62 Å². The number of benzene rings is 1. The lowest BCUT2D eigenvalue weighted by atomic mass is 10.1. The lowest BCUT2D eigenvalue weighted by Gasteiger charge is -2.32. The maximum Gasteiger partial charge on any atom is 0.240 e. The minimum atomic E-state index is -3.44. The maximum atomic E-state index is 12.3. The number of likely N-dealkylation sites (tertiary alicyclic amines) is 1.